The van der Waals surface area contributed by atoms with E-state index in [-0.39, 0.29) is 17.9 Å². The molecular weight excluding hydrogens is 517 g/mol. The van der Waals surface area contributed by atoms with Crippen molar-refractivity contribution in [3.63, 3.8) is 0 Å². The van der Waals surface area contributed by atoms with Crippen LogP contribution in [0, 0.1) is 6.92 Å². The summed E-state index contributed by atoms with van der Waals surface area (Å²) in [6.07, 6.45) is 6.34. The van der Waals surface area contributed by atoms with Gasteiger partial charge in [-0.1, -0.05) is 35.3 Å². The molecule has 38 heavy (non-hydrogen) atoms. The molecule has 2 heterocycles. The molecule has 2 aliphatic rings. The number of hydrogen-bond acceptors (Lipinski definition) is 3. The van der Waals surface area contributed by atoms with Gasteiger partial charge in [0, 0.05) is 34.5 Å². The van der Waals surface area contributed by atoms with E-state index in [1.165, 1.54) is 12.8 Å². The number of amides is 2. The van der Waals surface area contributed by atoms with Crippen molar-refractivity contribution in [2.75, 3.05) is 29.9 Å². The topological polar surface area (TPSA) is 52.7 Å². The van der Waals surface area contributed by atoms with Crippen LogP contribution < -0.4 is 10.2 Å². The molecule has 3 aromatic rings. The second kappa shape index (κ2) is 11.9. The van der Waals surface area contributed by atoms with E-state index in [2.05, 4.69) is 10.2 Å². The number of carbonyl (C=O) groups excluding carboxylic acids is 2. The van der Waals surface area contributed by atoms with E-state index in [1.807, 2.05) is 42.2 Å². The highest BCUT2D eigenvalue weighted by Crippen LogP contribution is 2.35. The molecule has 3 aromatic carbocycles. The fourth-order valence-electron chi connectivity index (χ4n) is 5.68. The molecule has 5 rings (SSSR count). The standard InChI is InChI=1S/C31H33Cl2N3O2/c1-21-19-24(34-30(37)27-9-2-3-10-28(27)33)12-13-26(21)31(38)36-25(15-18-35-16-4-5-17-35)8-6-7-22-20-23(32)11-14-29(22)36/h2-3,9-14,19-20,25H,4-8,15-18H2,1H3,(H,34,37). The SMILES string of the molecule is Cc1cc(NC(=O)c2ccccc2Cl)ccc1C(=O)N1c2ccc(Cl)cc2CCCC1CCN1CCCC1. The lowest BCUT2D eigenvalue weighted by atomic mass is 10.0. The van der Waals surface area contributed by atoms with Gasteiger partial charge in [-0.25, -0.2) is 0 Å². The van der Waals surface area contributed by atoms with Crippen LogP contribution in [-0.2, 0) is 6.42 Å². The van der Waals surface area contributed by atoms with Crippen LogP contribution in [0.15, 0.2) is 60.7 Å². The summed E-state index contributed by atoms with van der Waals surface area (Å²) >= 11 is 12.5. The van der Waals surface area contributed by atoms with Crippen molar-refractivity contribution >= 4 is 46.4 Å². The largest absolute Gasteiger partial charge is 0.322 e. The van der Waals surface area contributed by atoms with Crippen LogP contribution in [0.1, 0.15) is 63.9 Å². The first-order valence-electron chi connectivity index (χ1n) is 13.4. The Morgan fingerprint density at radius 3 is 2.50 bits per heavy atom. The number of anilines is 2. The number of likely N-dealkylation sites (tertiary alicyclic amines) is 1. The van der Waals surface area contributed by atoms with Crippen molar-refractivity contribution < 1.29 is 9.59 Å². The van der Waals surface area contributed by atoms with Crippen LogP contribution >= 0.6 is 23.2 Å². The number of halogens is 2. The second-order valence-corrected chi connectivity index (χ2v) is 11.1. The Bertz CT molecular complexity index is 1340. The van der Waals surface area contributed by atoms with Gasteiger partial charge in [0.15, 0.2) is 0 Å². The van der Waals surface area contributed by atoms with Gasteiger partial charge in [-0.2, -0.15) is 0 Å². The number of hydrogen-bond donors (Lipinski definition) is 1. The number of benzene rings is 3. The Balaban J connectivity index is 1.41. The quantitative estimate of drug-likeness (QED) is 0.348. The summed E-state index contributed by atoms with van der Waals surface area (Å²) in [5.74, 6) is -0.294. The maximum Gasteiger partial charge on any atom is 0.258 e. The summed E-state index contributed by atoms with van der Waals surface area (Å²) in [6.45, 7) is 5.21. The maximum absolute atomic E-state index is 14.2. The summed E-state index contributed by atoms with van der Waals surface area (Å²) < 4.78 is 0. The molecule has 1 unspecified atom stereocenters. The van der Waals surface area contributed by atoms with Gasteiger partial charge >= 0.3 is 0 Å². The average Bonchev–Trinajstić information content (AvgIpc) is 3.35. The van der Waals surface area contributed by atoms with Crippen LogP contribution in [0.25, 0.3) is 0 Å². The van der Waals surface area contributed by atoms with Crippen molar-refractivity contribution in [1.82, 2.24) is 4.90 Å². The first kappa shape index (κ1) is 26.7. The molecule has 1 fully saturated rings. The predicted molar refractivity (Wildman–Crippen MR) is 156 cm³/mol. The van der Waals surface area contributed by atoms with E-state index in [9.17, 15) is 9.59 Å². The summed E-state index contributed by atoms with van der Waals surface area (Å²) in [4.78, 5) is 31.5. The van der Waals surface area contributed by atoms with Crippen molar-refractivity contribution in [2.24, 2.45) is 0 Å². The van der Waals surface area contributed by atoms with E-state index in [0.29, 0.717) is 26.9 Å². The molecular formula is C31H33Cl2N3O2. The van der Waals surface area contributed by atoms with Crippen LogP contribution in [0.5, 0.6) is 0 Å². The maximum atomic E-state index is 14.2. The lowest BCUT2D eigenvalue weighted by molar-refractivity contribution is 0.0971. The molecule has 0 spiro atoms. The number of aryl methyl sites for hydroxylation is 2. The second-order valence-electron chi connectivity index (χ2n) is 10.3. The first-order chi connectivity index (χ1) is 18.4. The Morgan fingerprint density at radius 2 is 1.74 bits per heavy atom. The zero-order valence-electron chi connectivity index (χ0n) is 21.7. The summed E-state index contributed by atoms with van der Waals surface area (Å²) in [5, 5.41) is 4.00. The van der Waals surface area contributed by atoms with Crippen LogP contribution in [0.2, 0.25) is 10.0 Å². The monoisotopic (exact) mass is 549 g/mol. The highest BCUT2D eigenvalue weighted by Gasteiger charge is 2.31. The minimum Gasteiger partial charge on any atom is -0.322 e. The van der Waals surface area contributed by atoms with E-state index in [0.717, 1.165) is 62.1 Å². The minimum absolute atomic E-state index is 0.0108. The lowest BCUT2D eigenvalue weighted by Gasteiger charge is -2.33. The van der Waals surface area contributed by atoms with Crippen molar-refractivity contribution in [1.29, 1.82) is 0 Å². The molecule has 198 valence electrons. The van der Waals surface area contributed by atoms with Crippen LogP contribution in [-0.4, -0.2) is 42.4 Å². The third-order valence-corrected chi connectivity index (χ3v) is 8.24. The molecule has 1 saturated heterocycles. The highest BCUT2D eigenvalue weighted by molar-refractivity contribution is 6.34. The van der Waals surface area contributed by atoms with Gasteiger partial charge < -0.3 is 15.1 Å². The molecule has 0 aliphatic carbocycles. The molecule has 5 nitrogen and oxygen atoms in total. The molecule has 0 radical (unpaired) electrons. The van der Waals surface area contributed by atoms with Crippen LogP contribution in [0.4, 0.5) is 11.4 Å². The number of fused-ring (bicyclic) bond motifs is 1. The Labute approximate surface area is 234 Å². The van der Waals surface area contributed by atoms with Crippen molar-refractivity contribution in [3.8, 4) is 0 Å². The highest BCUT2D eigenvalue weighted by atomic mass is 35.5. The average molecular weight is 551 g/mol. The fraction of sp³-hybridized carbons (Fsp3) is 0.355. The van der Waals surface area contributed by atoms with Gasteiger partial charge in [0.05, 0.1) is 10.6 Å². The smallest absolute Gasteiger partial charge is 0.258 e. The van der Waals surface area contributed by atoms with E-state index < -0.39 is 0 Å². The molecule has 7 heteroatoms. The molecule has 0 saturated carbocycles. The summed E-state index contributed by atoms with van der Waals surface area (Å²) in [6, 6.07) is 18.4. The summed E-state index contributed by atoms with van der Waals surface area (Å²) in [5.41, 5.74) is 4.56. The lowest BCUT2D eigenvalue weighted by Crippen LogP contribution is -2.42. The van der Waals surface area contributed by atoms with Crippen molar-refractivity contribution in [2.45, 2.75) is 51.5 Å². The number of nitrogens with one attached hydrogen (secondary N) is 1. The third kappa shape index (κ3) is 5.90. The van der Waals surface area contributed by atoms with E-state index in [4.69, 9.17) is 23.2 Å². The molecule has 1 N–H and O–H groups in total. The Kier molecular flexibility index (Phi) is 8.37. The van der Waals surface area contributed by atoms with Gasteiger partial charge in [-0.15, -0.1) is 0 Å². The molecule has 2 aliphatic heterocycles. The van der Waals surface area contributed by atoms with Crippen LogP contribution in [0.3, 0.4) is 0 Å². The molecule has 1 atom stereocenters. The van der Waals surface area contributed by atoms with Gasteiger partial charge in [-0.3, -0.25) is 9.59 Å². The van der Waals surface area contributed by atoms with Gasteiger partial charge in [0.1, 0.15) is 0 Å². The first-order valence-corrected chi connectivity index (χ1v) is 14.2. The number of nitrogens with zero attached hydrogens (tertiary/aromatic N) is 2. The molecule has 0 bridgehead atoms. The minimum atomic E-state index is -0.283. The number of carbonyl (C=O) groups is 2. The zero-order chi connectivity index (χ0) is 26.6. The predicted octanol–water partition coefficient (Wildman–Crippen LogP) is 7.39. The van der Waals surface area contributed by atoms with Gasteiger partial charge in [0.2, 0.25) is 0 Å². The number of rotatable bonds is 6. The fourth-order valence-corrected chi connectivity index (χ4v) is 6.10. The van der Waals surface area contributed by atoms with E-state index in [1.54, 1.807) is 30.3 Å². The van der Waals surface area contributed by atoms with E-state index >= 15 is 0 Å². The Morgan fingerprint density at radius 1 is 0.947 bits per heavy atom. The normalized spacial score (nSPS) is 17.7. The third-order valence-electron chi connectivity index (χ3n) is 7.68. The zero-order valence-corrected chi connectivity index (χ0v) is 23.2. The van der Waals surface area contributed by atoms with Gasteiger partial charge in [-0.05, 0) is 118 Å². The molecule has 0 aromatic heterocycles. The van der Waals surface area contributed by atoms with Gasteiger partial charge in [0.25, 0.3) is 11.8 Å². The molecule has 2 amide bonds. The Hall–Kier alpha value is -2.86. The van der Waals surface area contributed by atoms with Crippen molar-refractivity contribution in [3.05, 3.63) is 93.0 Å². The summed E-state index contributed by atoms with van der Waals surface area (Å²) in [7, 11) is 0.